The van der Waals surface area contributed by atoms with Gasteiger partial charge >= 0.3 is 0 Å². The number of ketones is 1. The molecule has 1 saturated heterocycles. The van der Waals surface area contributed by atoms with E-state index in [4.69, 9.17) is 4.74 Å². The Labute approximate surface area is 190 Å². The summed E-state index contributed by atoms with van der Waals surface area (Å²) in [5, 5.41) is 11.2. The standard InChI is InChI=1S/C26H32N2O4/c1-4-27(5-2)16-11-17-28-23(19-12-8-7-9-13-19)22(25(30)26(28)31)24(29)20-14-10-15-21(18-20)32-6-3/h7-10,12-15,18,23,29H,4-6,11,16-17H2,1-3H3. The van der Waals surface area contributed by atoms with E-state index < -0.39 is 17.7 Å². The van der Waals surface area contributed by atoms with E-state index >= 15 is 0 Å². The number of carbonyl (C=O) groups is 2. The summed E-state index contributed by atoms with van der Waals surface area (Å²) in [6.45, 7) is 9.74. The molecule has 1 heterocycles. The van der Waals surface area contributed by atoms with Crippen LogP contribution in [-0.4, -0.2) is 59.4 Å². The van der Waals surface area contributed by atoms with Crippen LogP contribution >= 0.6 is 0 Å². The highest BCUT2D eigenvalue weighted by atomic mass is 16.5. The third kappa shape index (κ3) is 5.02. The van der Waals surface area contributed by atoms with E-state index in [2.05, 4.69) is 18.7 Å². The number of aliphatic hydroxyl groups is 1. The maximum Gasteiger partial charge on any atom is 0.295 e. The van der Waals surface area contributed by atoms with Crippen LogP contribution in [0.1, 0.15) is 44.4 Å². The maximum absolute atomic E-state index is 13.1. The van der Waals surface area contributed by atoms with Gasteiger partial charge in [-0.15, -0.1) is 0 Å². The van der Waals surface area contributed by atoms with Gasteiger partial charge in [0.25, 0.3) is 11.7 Å². The fourth-order valence-corrected chi connectivity index (χ4v) is 4.15. The Balaban J connectivity index is 2.00. The Bertz CT molecular complexity index is 967. The van der Waals surface area contributed by atoms with Crippen LogP contribution in [0.2, 0.25) is 0 Å². The molecule has 170 valence electrons. The zero-order valence-corrected chi connectivity index (χ0v) is 19.1. The predicted octanol–water partition coefficient (Wildman–Crippen LogP) is 4.24. The molecule has 0 saturated carbocycles. The molecule has 1 fully saturated rings. The minimum Gasteiger partial charge on any atom is -0.507 e. The molecule has 0 radical (unpaired) electrons. The van der Waals surface area contributed by atoms with E-state index in [0.717, 1.165) is 31.6 Å². The van der Waals surface area contributed by atoms with Gasteiger partial charge in [0.1, 0.15) is 11.5 Å². The van der Waals surface area contributed by atoms with Gasteiger partial charge in [0.15, 0.2) is 0 Å². The summed E-state index contributed by atoms with van der Waals surface area (Å²) in [4.78, 5) is 30.0. The lowest BCUT2D eigenvalue weighted by atomic mass is 9.95. The molecule has 6 heteroatoms. The van der Waals surface area contributed by atoms with Crippen molar-refractivity contribution in [3.05, 3.63) is 71.3 Å². The van der Waals surface area contributed by atoms with Crippen molar-refractivity contribution in [1.82, 2.24) is 9.80 Å². The van der Waals surface area contributed by atoms with Crippen molar-refractivity contribution in [1.29, 1.82) is 0 Å². The summed E-state index contributed by atoms with van der Waals surface area (Å²) in [5.41, 5.74) is 1.38. The van der Waals surface area contributed by atoms with Crippen LogP contribution in [0.15, 0.2) is 60.2 Å². The first-order valence-corrected chi connectivity index (χ1v) is 11.3. The normalized spacial score (nSPS) is 17.9. The zero-order chi connectivity index (χ0) is 23.1. The fourth-order valence-electron chi connectivity index (χ4n) is 4.15. The number of amides is 1. The summed E-state index contributed by atoms with van der Waals surface area (Å²) in [7, 11) is 0. The van der Waals surface area contributed by atoms with Crippen molar-refractivity contribution in [2.24, 2.45) is 0 Å². The van der Waals surface area contributed by atoms with Crippen molar-refractivity contribution < 1.29 is 19.4 Å². The number of aliphatic hydroxyl groups excluding tert-OH is 1. The Morgan fingerprint density at radius 2 is 1.75 bits per heavy atom. The van der Waals surface area contributed by atoms with Crippen LogP contribution in [0.5, 0.6) is 5.75 Å². The summed E-state index contributed by atoms with van der Waals surface area (Å²) in [5.74, 6) is -0.798. The van der Waals surface area contributed by atoms with E-state index in [-0.39, 0.29) is 11.3 Å². The molecule has 3 rings (SSSR count). The zero-order valence-electron chi connectivity index (χ0n) is 19.1. The number of hydrogen-bond donors (Lipinski definition) is 1. The van der Waals surface area contributed by atoms with Crippen molar-refractivity contribution in [3.8, 4) is 5.75 Å². The molecule has 1 N–H and O–H groups in total. The first kappa shape index (κ1) is 23.5. The maximum atomic E-state index is 13.1. The topological polar surface area (TPSA) is 70.1 Å². The molecule has 2 aromatic rings. The predicted molar refractivity (Wildman–Crippen MR) is 125 cm³/mol. The van der Waals surface area contributed by atoms with Crippen LogP contribution in [0, 0.1) is 0 Å². The van der Waals surface area contributed by atoms with Crippen molar-refractivity contribution >= 4 is 17.4 Å². The Kier molecular flexibility index (Phi) is 8.06. The van der Waals surface area contributed by atoms with Crippen LogP contribution in [0.25, 0.3) is 5.76 Å². The molecule has 1 unspecified atom stereocenters. The smallest absolute Gasteiger partial charge is 0.295 e. The highest BCUT2D eigenvalue weighted by molar-refractivity contribution is 6.46. The quantitative estimate of drug-likeness (QED) is 0.343. The van der Waals surface area contributed by atoms with E-state index in [1.165, 1.54) is 0 Å². The number of benzene rings is 2. The van der Waals surface area contributed by atoms with Gasteiger partial charge in [-0.25, -0.2) is 0 Å². The van der Waals surface area contributed by atoms with Crippen molar-refractivity contribution in [2.45, 2.75) is 33.2 Å². The van der Waals surface area contributed by atoms with Crippen LogP contribution in [0.4, 0.5) is 0 Å². The number of Topliss-reactive ketones (excluding diaryl/α,β-unsaturated/α-hetero) is 1. The first-order chi connectivity index (χ1) is 15.5. The van der Waals surface area contributed by atoms with E-state index in [1.807, 2.05) is 37.3 Å². The molecule has 6 nitrogen and oxygen atoms in total. The summed E-state index contributed by atoms with van der Waals surface area (Å²) in [6, 6.07) is 15.8. The molecule has 0 bridgehead atoms. The summed E-state index contributed by atoms with van der Waals surface area (Å²) in [6.07, 6.45) is 0.748. The fraction of sp³-hybridized carbons (Fsp3) is 0.385. The molecule has 1 aliphatic rings. The third-order valence-corrected chi connectivity index (χ3v) is 5.84. The lowest BCUT2D eigenvalue weighted by Gasteiger charge is -2.26. The average Bonchev–Trinajstić information content (AvgIpc) is 3.07. The number of rotatable bonds is 10. The first-order valence-electron chi connectivity index (χ1n) is 11.3. The largest absolute Gasteiger partial charge is 0.507 e. The minimum atomic E-state index is -0.652. The van der Waals surface area contributed by atoms with Crippen LogP contribution in [-0.2, 0) is 9.59 Å². The van der Waals surface area contributed by atoms with Gasteiger partial charge in [0.05, 0.1) is 18.2 Å². The third-order valence-electron chi connectivity index (χ3n) is 5.84. The van der Waals surface area contributed by atoms with Gasteiger partial charge in [-0.2, -0.15) is 0 Å². The molecule has 1 aliphatic heterocycles. The number of nitrogens with zero attached hydrogens (tertiary/aromatic N) is 2. The molecule has 1 atom stereocenters. The van der Waals surface area contributed by atoms with Gasteiger partial charge in [-0.3, -0.25) is 9.59 Å². The van der Waals surface area contributed by atoms with Crippen molar-refractivity contribution in [3.63, 3.8) is 0 Å². The second kappa shape index (κ2) is 11.0. The summed E-state index contributed by atoms with van der Waals surface area (Å²) < 4.78 is 5.54. The lowest BCUT2D eigenvalue weighted by Crippen LogP contribution is -2.33. The SMILES string of the molecule is CCOc1cccc(C(O)=C2C(=O)C(=O)N(CCCN(CC)CC)C2c2ccccc2)c1. The molecule has 0 aliphatic carbocycles. The monoisotopic (exact) mass is 436 g/mol. The molecular formula is C26H32N2O4. The lowest BCUT2D eigenvalue weighted by molar-refractivity contribution is -0.140. The average molecular weight is 437 g/mol. The van der Waals surface area contributed by atoms with Gasteiger partial charge in [0.2, 0.25) is 0 Å². The highest BCUT2D eigenvalue weighted by Gasteiger charge is 2.45. The molecule has 2 aromatic carbocycles. The Morgan fingerprint density at radius 1 is 1.03 bits per heavy atom. The summed E-state index contributed by atoms with van der Waals surface area (Å²) >= 11 is 0. The van der Waals surface area contributed by atoms with Gasteiger partial charge in [-0.1, -0.05) is 56.3 Å². The Morgan fingerprint density at radius 3 is 2.41 bits per heavy atom. The van der Waals surface area contributed by atoms with E-state index in [1.54, 1.807) is 29.2 Å². The molecule has 0 aromatic heterocycles. The van der Waals surface area contributed by atoms with Crippen molar-refractivity contribution in [2.75, 3.05) is 32.8 Å². The molecular weight excluding hydrogens is 404 g/mol. The number of likely N-dealkylation sites (tertiary alicyclic amines) is 1. The number of ether oxygens (including phenoxy) is 1. The van der Waals surface area contributed by atoms with E-state index in [9.17, 15) is 14.7 Å². The Hall–Kier alpha value is -3.12. The number of carbonyl (C=O) groups excluding carboxylic acids is 2. The second-order valence-corrected chi connectivity index (χ2v) is 7.74. The minimum absolute atomic E-state index is 0.123. The molecule has 0 spiro atoms. The van der Waals surface area contributed by atoms with Gasteiger partial charge in [-0.05, 0) is 50.7 Å². The van der Waals surface area contributed by atoms with E-state index in [0.29, 0.717) is 24.5 Å². The van der Waals surface area contributed by atoms with Gasteiger partial charge < -0.3 is 19.6 Å². The number of hydrogen-bond acceptors (Lipinski definition) is 5. The molecule has 32 heavy (non-hydrogen) atoms. The molecule has 1 amide bonds. The second-order valence-electron chi connectivity index (χ2n) is 7.74. The van der Waals surface area contributed by atoms with Gasteiger partial charge in [0, 0.05) is 12.1 Å². The highest BCUT2D eigenvalue weighted by Crippen LogP contribution is 2.39. The van der Waals surface area contributed by atoms with Crippen LogP contribution < -0.4 is 4.74 Å². The van der Waals surface area contributed by atoms with Crippen LogP contribution in [0.3, 0.4) is 0 Å².